The molecule has 0 fully saturated rings. The quantitative estimate of drug-likeness (QED) is 0.851. The Balaban J connectivity index is 1.81. The van der Waals surface area contributed by atoms with Gasteiger partial charge >= 0.3 is 0 Å². The maximum atomic E-state index is 12.2. The van der Waals surface area contributed by atoms with Crippen LogP contribution in [-0.4, -0.2) is 29.5 Å². The van der Waals surface area contributed by atoms with Crippen LogP contribution < -0.4 is 15.4 Å². The molecule has 0 saturated carbocycles. The first-order valence-corrected chi connectivity index (χ1v) is 6.80. The summed E-state index contributed by atoms with van der Waals surface area (Å²) >= 11 is 5.84. The normalized spacial score (nSPS) is 12.5. The summed E-state index contributed by atoms with van der Waals surface area (Å²) in [6.07, 6.45) is 0.978. The number of carbonyl (C=O) groups is 1. The Labute approximate surface area is 126 Å². The molecule has 0 spiro atoms. The lowest BCUT2D eigenvalue weighted by molar-refractivity contribution is 0.102. The van der Waals surface area contributed by atoms with Crippen LogP contribution in [0, 0.1) is 0 Å². The molecule has 1 aromatic heterocycles. The van der Waals surface area contributed by atoms with Crippen LogP contribution in [0.25, 0.3) is 0 Å². The average Bonchev–Trinajstić information content (AvgIpc) is 2.93. The highest BCUT2D eigenvalue weighted by molar-refractivity contribution is 6.29. The number of ether oxygens (including phenoxy) is 1. The molecule has 1 amide bonds. The summed E-state index contributed by atoms with van der Waals surface area (Å²) in [5.74, 6) is 0.106. The van der Waals surface area contributed by atoms with Gasteiger partial charge in [-0.2, -0.15) is 4.98 Å². The van der Waals surface area contributed by atoms with Crippen LogP contribution in [0.15, 0.2) is 24.3 Å². The third-order valence-corrected chi connectivity index (χ3v) is 3.38. The van der Waals surface area contributed by atoms with E-state index in [2.05, 4.69) is 20.6 Å². The van der Waals surface area contributed by atoms with Crippen molar-refractivity contribution in [3.63, 3.8) is 0 Å². The van der Waals surface area contributed by atoms with Crippen molar-refractivity contribution >= 4 is 29.1 Å². The van der Waals surface area contributed by atoms with Gasteiger partial charge < -0.3 is 10.1 Å². The first kappa shape index (κ1) is 13.6. The summed E-state index contributed by atoms with van der Waals surface area (Å²) in [6, 6.07) is 7.02. The van der Waals surface area contributed by atoms with E-state index in [0.29, 0.717) is 11.4 Å². The van der Waals surface area contributed by atoms with Crippen molar-refractivity contribution in [2.75, 3.05) is 24.3 Å². The summed E-state index contributed by atoms with van der Waals surface area (Å²) in [7, 11) is 1.47. The predicted molar refractivity (Wildman–Crippen MR) is 80.2 cm³/mol. The van der Waals surface area contributed by atoms with Crippen LogP contribution in [0.2, 0.25) is 5.15 Å². The van der Waals surface area contributed by atoms with Gasteiger partial charge in [0, 0.05) is 23.9 Å². The number of halogens is 1. The molecule has 0 unspecified atom stereocenters. The molecule has 6 nitrogen and oxygen atoms in total. The molecule has 2 aromatic rings. The molecule has 21 heavy (non-hydrogen) atoms. The van der Waals surface area contributed by atoms with Gasteiger partial charge in [0.05, 0.1) is 7.11 Å². The average molecular weight is 305 g/mol. The number of hydrogen-bond donors (Lipinski definition) is 2. The van der Waals surface area contributed by atoms with Crippen LogP contribution in [0.1, 0.15) is 15.9 Å². The number of hydrogen-bond acceptors (Lipinski definition) is 5. The van der Waals surface area contributed by atoms with E-state index < -0.39 is 0 Å². The van der Waals surface area contributed by atoms with Crippen LogP contribution in [0.3, 0.4) is 0 Å². The number of nitrogens with one attached hydrogen (secondary N) is 2. The van der Waals surface area contributed by atoms with Crippen molar-refractivity contribution in [3.8, 4) is 5.88 Å². The van der Waals surface area contributed by atoms with Gasteiger partial charge in [-0.15, -0.1) is 0 Å². The molecule has 0 atom stereocenters. The first-order chi connectivity index (χ1) is 10.2. The van der Waals surface area contributed by atoms with Crippen molar-refractivity contribution in [3.05, 3.63) is 40.5 Å². The largest absolute Gasteiger partial charge is 0.481 e. The van der Waals surface area contributed by atoms with Crippen LogP contribution in [-0.2, 0) is 6.42 Å². The Bertz CT molecular complexity index is 705. The number of anilines is 2. The fourth-order valence-electron chi connectivity index (χ4n) is 2.16. The van der Waals surface area contributed by atoms with Gasteiger partial charge in [-0.05, 0) is 24.1 Å². The monoisotopic (exact) mass is 304 g/mol. The predicted octanol–water partition coefficient (Wildman–Crippen LogP) is 2.36. The zero-order valence-electron chi connectivity index (χ0n) is 11.3. The minimum atomic E-state index is -0.296. The summed E-state index contributed by atoms with van der Waals surface area (Å²) in [6.45, 7) is 0.898. The minimum absolute atomic E-state index is 0.109. The fourth-order valence-corrected chi connectivity index (χ4v) is 2.34. The summed E-state index contributed by atoms with van der Waals surface area (Å²) in [4.78, 5) is 20.2. The molecular formula is C14H13ClN4O2. The van der Waals surface area contributed by atoms with Gasteiger partial charge in [0.1, 0.15) is 5.15 Å². The molecule has 2 N–H and O–H groups in total. The van der Waals surface area contributed by atoms with Crippen molar-refractivity contribution in [2.24, 2.45) is 0 Å². The van der Waals surface area contributed by atoms with Gasteiger partial charge in [0.25, 0.3) is 5.91 Å². The van der Waals surface area contributed by atoms with E-state index in [-0.39, 0.29) is 17.0 Å². The lowest BCUT2D eigenvalue weighted by Gasteiger charge is -2.07. The van der Waals surface area contributed by atoms with E-state index in [1.165, 1.54) is 18.7 Å². The van der Waals surface area contributed by atoms with Crippen molar-refractivity contribution in [1.82, 2.24) is 9.97 Å². The Morgan fingerprint density at radius 2 is 2.24 bits per heavy atom. The van der Waals surface area contributed by atoms with Gasteiger partial charge in [-0.1, -0.05) is 17.7 Å². The van der Waals surface area contributed by atoms with Crippen molar-refractivity contribution < 1.29 is 9.53 Å². The molecule has 0 radical (unpaired) electrons. The molecule has 0 aliphatic carbocycles. The summed E-state index contributed by atoms with van der Waals surface area (Å²) < 4.78 is 4.99. The van der Waals surface area contributed by atoms with E-state index in [0.717, 1.165) is 18.7 Å². The lowest BCUT2D eigenvalue weighted by atomic mass is 10.1. The highest BCUT2D eigenvalue weighted by Gasteiger charge is 2.15. The van der Waals surface area contributed by atoms with Crippen LogP contribution in [0.4, 0.5) is 11.6 Å². The maximum Gasteiger partial charge on any atom is 0.258 e. The third kappa shape index (κ3) is 2.90. The Morgan fingerprint density at radius 1 is 1.38 bits per heavy atom. The highest BCUT2D eigenvalue weighted by atomic mass is 35.5. The second-order valence-electron chi connectivity index (χ2n) is 4.56. The molecule has 0 bridgehead atoms. The number of methoxy groups -OCH3 is 1. The van der Waals surface area contributed by atoms with Gasteiger partial charge in [-0.25, -0.2) is 4.98 Å². The van der Waals surface area contributed by atoms with E-state index in [1.807, 2.05) is 12.1 Å². The Morgan fingerprint density at radius 3 is 3.05 bits per heavy atom. The Kier molecular flexibility index (Phi) is 3.62. The van der Waals surface area contributed by atoms with Gasteiger partial charge in [0.2, 0.25) is 11.8 Å². The van der Waals surface area contributed by atoms with E-state index >= 15 is 0 Å². The second kappa shape index (κ2) is 5.57. The molecule has 7 heteroatoms. The van der Waals surface area contributed by atoms with Crippen LogP contribution >= 0.6 is 11.6 Å². The number of fused-ring (bicyclic) bond motifs is 1. The standard InChI is InChI=1S/C14H13ClN4O2/c1-21-12-7-11(15)17-14(18-12)19-13(20)9-3-2-8-4-5-16-10(8)6-9/h2-3,6-7,16H,4-5H2,1H3,(H,17,18,19,20). The van der Waals surface area contributed by atoms with E-state index in [4.69, 9.17) is 16.3 Å². The molecule has 3 rings (SSSR count). The Hall–Kier alpha value is -2.34. The van der Waals surface area contributed by atoms with Crippen LogP contribution in [0.5, 0.6) is 5.88 Å². The molecule has 108 valence electrons. The number of amides is 1. The van der Waals surface area contributed by atoms with Crippen molar-refractivity contribution in [1.29, 1.82) is 0 Å². The van der Waals surface area contributed by atoms with Crippen molar-refractivity contribution in [2.45, 2.75) is 6.42 Å². The summed E-state index contributed by atoms with van der Waals surface area (Å²) in [5, 5.41) is 6.05. The molecule has 0 saturated heterocycles. The van der Waals surface area contributed by atoms with E-state index in [1.54, 1.807) is 6.07 Å². The molecule has 2 heterocycles. The number of aromatic nitrogens is 2. The van der Waals surface area contributed by atoms with Gasteiger partial charge in [-0.3, -0.25) is 10.1 Å². The second-order valence-corrected chi connectivity index (χ2v) is 4.95. The SMILES string of the molecule is COc1cc(Cl)nc(NC(=O)c2ccc3c(c2)NCC3)n1. The molecule has 1 aliphatic heterocycles. The zero-order valence-corrected chi connectivity index (χ0v) is 12.1. The first-order valence-electron chi connectivity index (χ1n) is 6.42. The molecular weight excluding hydrogens is 292 g/mol. The summed E-state index contributed by atoms with van der Waals surface area (Å²) in [5.41, 5.74) is 2.74. The smallest absolute Gasteiger partial charge is 0.258 e. The topological polar surface area (TPSA) is 76.1 Å². The number of carbonyl (C=O) groups excluding carboxylic acids is 1. The highest BCUT2D eigenvalue weighted by Crippen LogP contribution is 2.23. The van der Waals surface area contributed by atoms with E-state index in [9.17, 15) is 4.79 Å². The zero-order chi connectivity index (χ0) is 14.8. The lowest BCUT2D eigenvalue weighted by Crippen LogP contribution is -2.14. The maximum absolute atomic E-state index is 12.2. The molecule has 1 aromatic carbocycles. The number of rotatable bonds is 3. The fraction of sp³-hybridized carbons (Fsp3) is 0.214. The number of nitrogens with zero attached hydrogens (tertiary/aromatic N) is 2. The van der Waals surface area contributed by atoms with Gasteiger partial charge in [0.15, 0.2) is 0 Å². The molecule has 1 aliphatic rings. The minimum Gasteiger partial charge on any atom is -0.481 e. The third-order valence-electron chi connectivity index (χ3n) is 3.19. The number of benzene rings is 1.